The molecule has 1 aromatic rings. The molecule has 4 heteroatoms. The van der Waals surface area contributed by atoms with E-state index < -0.39 is 0 Å². The van der Waals surface area contributed by atoms with Gasteiger partial charge in [-0.2, -0.15) is 0 Å². The van der Waals surface area contributed by atoms with Crippen LogP contribution in [0.1, 0.15) is 6.42 Å². The van der Waals surface area contributed by atoms with Gasteiger partial charge in [-0.3, -0.25) is 0 Å². The normalized spacial score (nSPS) is 17.3. The predicted octanol–water partition coefficient (Wildman–Crippen LogP) is 1.30. The molecule has 0 aromatic carbocycles. The third-order valence-corrected chi connectivity index (χ3v) is 2.43. The molecule has 2 rings (SSSR count). The van der Waals surface area contributed by atoms with Crippen LogP contribution in [0.3, 0.4) is 0 Å². The van der Waals surface area contributed by atoms with Crippen LogP contribution in [0.15, 0.2) is 17.7 Å². The number of nitrogens with zero attached hydrogens (tertiary/aromatic N) is 3. The van der Waals surface area contributed by atoms with Gasteiger partial charge in [-0.15, -0.1) is 10.2 Å². The Morgan fingerprint density at radius 2 is 2.45 bits per heavy atom. The summed E-state index contributed by atoms with van der Waals surface area (Å²) in [6.07, 6.45) is 5.50. The zero-order chi connectivity index (χ0) is 7.52. The molecule has 0 fully saturated rings. The van der Waals surface area contributed by atoms with Crippen LogP contribution in [0.5, 0.6) is 0 Å². The highest BCUT2D eigenvalue weighted by Gasteiger charge is 2.08. The standard InChI is InChI=1S/C7H9N3S/c1-2-4-10(5-3-1)7-9-8-6-11-7/h1-2,6H,3-5H2. The Balaban J connectivity index is 2.11. The Bertz CT molecular complexity index is 242. The molecule has 2 heterocycles. The highest BCUT2D eigenvalue weighted by Crippen LogP contribution is 2.17. The molecular weight excluding hydrogens is 158 g/mol. The van der Waals surface area contributed by atoms with Crippen LogP contribution < -0.4 is 4.90 Å². The zero-order valence-electron chi connectivity index (χ0n) is 6.10. The fraction of sp³-hybridized carbons (Fsp3) is 0.429. The van der Waals surface area contributed by atoms with Gasteiger partial charge in [0.2, 0.25) is 5.13 Å². The van der Waals surface area contributed by atoms with E-state index in [1.165, 1.54) is 0 Å². The largest absolute Gasteiger partial charge is 0.343 e. The minimum Gasteiger partial charge on any atom is -0.343 e. The lowest BCUT2D eigenvalue weighted by Crippen LogP contribution is -2.26. The molecule has 58 valence electrons. The third-order valence-electron chi connectivity index (χ3n) is 1.68. The first-order valence-electron chi connectivity index (χ1n) is 3.63. The molecule has 0 bridgehead atoms. The van der Waals surface area contributed by atoms with Crippen LogP contribution >= 0.6 is 11.3 Å². The van der Waals surface area contributed by atoms with Crippen molar-refractivity contribution in [2.75, 3.05) is 18.0 Å². The molecule has 0 N–H and O–H groups in total. The maximum absolute atomic E-state index is 4.00. The molecule has 1 aromatic heterocycles. The van der Waals surface area contributed by atoms with Crippen LogP contribution in [0, 0.1) is 0 Å². The van der Waals surface area contributed by atoms with E-state index in [2.05, 4.69) is 27.2 Å². The summed E-state index contributed by atoms with van der Waals surface area (Å²) in [5.74, 6) is 0. The molecule has 0 unspecified atom stereocenters. The summed E-state index contributed by atoms with van der Waals surface area (Å²) in [7, 11) is 0. The van der Waals surface area contributed by atoms with Crippen LogP contribution in [0.25, 0.3) is 0 Å². The van der Waals surface area contributed by atoms with Gasteiger partial charge in [-0.05, 0) is 6.42 Å². The maximum Gasteiger partial charge on any atom is 0.208 e. The van der Waals surface area contributed by atoms with E-state index in [1.54, 1.807) is 16.8 Å². The Morgan fingerprint density at radius 3 is 3.09 bits per heavy atom. The van der Waals surface area contributed by atoms with Crippen molar-refractivity contribution >= 4 is 16.5 Å². The second kappa shape index (κ2) is 3.00. The Morgan fingerprint density at radius 1 is 1.45 bits per heavy atom. The van der Waals surface area contributed by atoms with Gasteiger partial charge >= 0.3 is 0 Å². The topological polar surface area (TPSA) is 29.0 Å². The van der Waals surface area contributed by atoms with Crippen molar-refractivity contribution in [2.24, 2.45) is 0 Å². The van der Waals surface area contributed by atoms with E-state index in [0.29, 0.717) is 0 Å². The van der Waals surface area contributed by atoms with Gasteiger partial charge in [0.15, 0.2) is 0 Å². The van der Waals surface area contributed by atoms with E-state index in [4.69, 9.17) is 0 Å². The van der Waals surface area contributed by atoms with Gasteiger partial charge in [0.05, 0.1) is 0 Å². The number of anilines is 1. The molecule has 0 saturated heterocycles. The second-order valence-electron chi connectivity index (χ2n) is 2.43. The number of aromatic nitrogens is 2. The van der Waals surface area contributed by atoms with Crippen molar-refractivity contribution in [3.05, 3.63) is 17.7 Å². The fourth-order valence-corrected chi connectivity index (χ4v) is 1.72. The van der Waals surface area contributed by atoms with Crippen LogP contribution in [0.2, 0.25) is 0 Å². The lowest BCUT2D eigenvalue weighted by molar-refractivity contribution is 0.807. The molecule has 0 amide bonds. The molecule has 1 aliphatic rings. The van der Waals surface area contributed by atoms with Gasteiger partial charge in [-0.1, -0.05) is 23.5 Å². The van der Waals surface area contributed by atoms with Crippen molar-refractivity contribution in [2.45, 2.75) is 6.42 Å². The molecule has 0 atom stereocenters. The minimum atomic E-state index is 0.981. The van der Waals surface area contributed by atoms with Gasteiger partial charge in [-0.25, -0.2) is 0 Å². The van der Waals surface area contributed by atoms with Gasteiger partial charge in [0, 0.05) is 13.1 Å². The van der Waals surface area contributed by atoms with E-state index >= 15 is 0 Å². The average molecular weight is 167 g/mol. The Labute approximate surface area is 69.4 Å². The van der Waals surface area contributed by atoms with Crippen LogP contribution in [-0.4, -0.2) is 23.3 Å². The highest BCUT2D eigenvalue weighted by atomic mass is 32.1. The van der Waals surface area contributed by atoms with E-state index in [-0.39, 0.29) is 0 Å². The summed E-state index contributed by atoms with van der Waals surface area (Å²) >= 11 is 1.60. The Hall–Kier alpha value is -0.900. The summed E-state index contributed by atoms with van der Waals surface area (Å²) < 4.78 is 0. The van der Waals surface area contributed by atoms with Crippen molar-refractivity contribution < 1.29 is 0 Å². The molecule has 0 aliphatic carbocycles. The molecule has 1 aliphatic heterocycles. The van der Waals surface area contributed by atoms with E-state index in [9.17, 15) is 0 Å². The maximum atomic E-state index is 4.00. The zero-order valence-corrected chi connectivity index (χ0v) is 6.92. The first-order chi connectivity index (χ1) is 5.47. The molecular formula is C7H9N3S. The lowest BCUT2D eigenvalue weighted by Gasteiger charge is -2.21. The van der Waals surface area contributed by atoms with Crippen molar-refractivity contribution in [3.63, 3.8) is 0 Å². The summed E-state index contributed by atoms with van der Waals surface area (Å²) in [5, 5.41) is 8.84. The second-order valence-corrected chi connectivity index (χ2v) is 3.24. The average Bonchev–Trinajstić information content (AvgIpc) is 2.58. The summed E-state index contributed by atoms with van der Waals surface area (Å²) in [6, 6.07) is 0. The van der Waals surface area contributed by atoms with Crippen LogP contribution in [-0.2, 0) is 0 Å². The van der Waals surface area contributed by atoms with Crippen molar-refractivity contribution in [3.8, 4) is 0 Å². The molecule has 0 saturated carbocycles. The third kappa shape index (κ3) is 1.40. The van der Waals surface area contributed by atoms with Crippen molar-refractivity contribution in [1.82, 2.24) is 10.2 Å². The first kappa shape index (κ1) is 6.79. The van der Waals surface area contributed by atoms with Gasteiger partial charge in [0.25, 0.3) is 0 Å². The van der Waals surface area contributed by atoms with Gasteiger partial charge < -0.3 is 4.90 Å². The quantitative estimate of drug-likeness (QED) is 0.590. The summed E-state index contributed by atoms with van der Waals surface area (Å²) in [5.41, 5.74) is 1.77. The molecule has 0 spiro atoms. The summed E-state index contributed by atoms with van der Waals surface area (Å²) in [6.45, 7) is 2.06. The lowest BCUT2D eigenvalue weighted by atomic mass is 10.3. The highest BCUT2D eigenvalue weighted by molar-refractivity contribution is 7.13. The predicted molar refractivity (Wildman–Crippen MR) is 45.9 cm³/mol. The Kier molecular flexibility index (Phi) is 1.85. The van der Waals surface area contributed by atoms with E-state index in [0.717, 1.165) is 24.6 Å². The number of hydrogen-bond donors (Lipinski definition) is 0. The number of rotatable bonds is 1. The smallest absolute Gasteiger partial charge is 0.208 e. The molecule has 3 nitrogen and oxygen atoms in total. The number of hydrogen-bond acceptors (Lipinski definition) is 4. The summed E-state index contributed by atoms with van der Waals surface area (Å²) in [4.78, 5) is 2.23. The SMILES string of the molecule is C1=CCN(c2nncs2)CC1. The molecule has 0 radical (unpaired) electrons. The van der Waals surface area contributed by atoms with Crippen molar-refractivity contribution in [1.29, 1.82) is 0 Å². The molecule has 11 heavy (non-hydrogen) atoms. The van der Waals surface area contributed by atoms with Crippen LogP contribution in [0.4, 0.5) is 5.13 Å². The van der Waals surface area contributed by atoms with Gasteiger partial charge in [0.1, 0.15) is 5.51 Å². The first-order valence-corrected chi connectivity index (χ1v) is 4.51. The van der Waals surface area contributed by atoms with E-state index in [1.807, 2.05) is 0 Å². The minimum absolute atomic E-state index is 0.981. The fourth-order valence-electron chi connectivity index (χ4n) is 1.12. The monoisotopic (exact) mass is 167 g/mol.